The molecule has 1 saturated carbocycles. The Morgan fingerprint density at radius 1 is 1.05 bits per heavy atom. The first kappa shape index (κ1) is 19.0. The molecule has 1 heteroatoms. The molecule has 0 spiro atoms. The molecule has 0 bridgehead atoms. The zero-order chi connectivity index (χ0) is 16.3. The molecule has 0 amide bonds. The SMILES string of the molecule is C=C/C=C(\C=C(/C=C)CCCN)CCC1(C)CCCCCC1. The van der Waals surface area contributed by atoms with Gasteiger partial charge in [-0.25, -0.2) is 0 Å². The molecule has 0 atom stereocenters. The van der Waals surface area contributed by atoms with Crippen LogP contribution in [0.4, 0.5) is 0 Å². The van der Waals surface area contributed by atoms with E-state index in [1.54, 1.807) is 0 Å². The number of allylic oxidation sites excluding steroid dienone is 6. The van der Waals surface area contributed by atoms with Gasteiger partial charge in [-0.2, -0.15) is 0 Å². The minimum Gasteiger partial charge on any atom is -0.330 e. The van der Waals surface area contributed by atoms with Crippen LogP contribution in [0.3, 0.4) is 0 Å². The van der Waals surface area contributed by atoms with Crippen LogP contribution in [-0.2, 0) is 0 Å². The fraction of sp³-hybridized carbons (Fsp3) is 0.619. The maximum atomic E-state index is 5.62. The largest absolute Gasteiger partial charge is 0.330 e. The summed E-state index contributed by atoms with van der Waals surface area (Å²) in [5.41, 5.74) is 8.82. The zero-order valence-corrected chi connectivity index (χ0v) is 14.6. The van der Waals surface area contributed by atoms with E-state index in [0.717, 1.165) is 25.8 Å². The molecular formula is C21H35N. The van der Waals surface area contributed by atoms with Gasteiger partial charge in [0.05, 0.1) is 0 Å². The van der Waals surface area contributed by atoms with E-state index in [4.69, 9.17) is 5.73 Å². The Morgan fingerprint density at radius 2 is 1.73 bits per heavy atom. The maximum Gasteiger partial charge on any atom is -0.00741 e. The molecule has 0 aliphatic heterocycles. The van der Waals surface area contributed by atoms with Crippen LogP contribution in [0, 0.1) is 5.41 Å². The van der Waals surface area contributed by atoms with Crippen molar-refractivity contribution < 1.29 is 0 Å². The second-order valence-electron chi connectivity index (χ2n) is 7.02. The van der Waals surface area contributed by atoms with Gasteiger partial charge in [0.15, 0.2) is 0 Å². The van der Waals surface area contributed by atoms with Crippen LogP contribution in [0.15, 0.2) is 48.6 Å². The Bertz CT molecular complexity index is 392. The van der Waals surface area contributed by atoms with E-state index in [2.05, 4.69) is 32.2 Å². The van der Waals surface area contributed by atoms with Crippen molar-refractivity contribution in [1.29, 1.82) is 0 Å². The Labute approximate surface area is 138 Å². The van der Waals surface area contributed by atoms with Gasteiger partial charge in [-0.05, 0) is 61.6 Å². The molecule has 2 N–H and O–H groups in total. The third-order valence-electron chi connectivity index (χ3n) is 4.96. The summed E-state index contributed by atoms with van der Waals surface area (Å²) in [5, 5.41) is 0. The number of rotatable bonds is 9. The maximum absolute atomic E-state index is 5.62. The predicted octanol–water partition coefficient (Wildman–Crippen LogP) is 6.09. The molecule has 0 aromatic carbocycles. The number of nitrogens with two attached hydrogens (primary N) is 1. The van der Waals surface area contributed by atoms with Gasteiger partial charge < -0.3 is 5.73 Å². The highest BCUT2D eigenvalue weighted by Gasteiger charge is 2.25. The van der Waals surface area contributed by atoms with Crippen LogP contribution in [0.1, 0.15) is 71.1 Å². The topological polar surface area (TPSA) is 26.0 Å². The van der Waals surface area contributed by atoms with Crippen molar-refractivity contribution in [3.8, 4) is 0 Å². The van der Waals surface area contributed by atoms with Gasteiger partial charge in [0.1, 0.15) is 0 Å². The van der Waals surface area contributed by atoms with Crippen molar-refractivity contribution in [2.24, 2.45) is 11.1 Å². The van der Waals surface area contributed by atoms with Gasteiger partial charge in [-0.1, -0.05) is 70.1 Å². The zero-order valence-electron chi connectivity index (χ0n) is 14.6. The smallest absolute Gasteiger partial charge is 0.00741 e. The first-order valence-corrected chi connectivity index (χ1v) is 8.98. The molecule has 0 saturated heterocycles. The Hall–Kier alpha value is -1.08. The van der Waals surface area contributed by atoms with Crippen LogP contribution in [0.25, 0.3) is 0 Å². The van der Waals surface area contributed by atoms with Gasteiger partial charge in [-0.15, -0.1) is 0 Å². The van der Waals surface area contributed by atoms with E-state index in [1.807, 2.05) is 12.2 Å². The van der Waals surface area contributed by atoms with E-state index in [9.17, 15) is 0 Å². The molecule has 1 rings (SSSR count). The molecule has 1 fully saturated rings. The summed E-state index contributed by atoms with van der Waals surface area (Å²) in [6.07, 6.45) is 21.2. The Morgan fingerprint density at radius 3 is 2.27 bits per heavy atom. The van der Waals surface area contributed by atoms with Gasteiger partial charge in [0.25, 0.3) is 0 Å². The summed E-state index contributed by atoms with van der Waals surface area (Å²) in [6.45, 7) is 11.0. The van der Waals surface area contributed by atoms with Gasteiger partial charge in [0, 0.05) is 0 Å². The van der Waals surface area contributed by atoms with Crippen LogP contribution in [-0.4, -0.2) is 6.54 Å². The quantitative estimate of drug-likeness (QED) is 0.404. The van der Waals surface area contributed by atoms with Crippen molar-refractivity contribution >= 4 is 0 Å². The van der Waals surface area contributed by atoms with Crippen molar-refractivity contribution in [3.63, 3.8) is 0 Å². The standard InChI is InChI=1S/C21H35N/c1-4-11-20(18-19(5-2)12-10-17-22)13-16-21(3)14-8-6-7-9-15-21/h4-5,11,18H,1-2,6-10,12-17,22H2,3H3/b19-18+,20-11-. The van der Waals surface area contributed by atoms with E-state index in [-0.39, 0.29) is 0 Å². The van der Waals surface area contributed by atoms with Crippen LogP contribution in [0.2, 0.25) is 0 Å². The second kappa shape index (κ2) is 10.6. The van der Waals surface area contributed by atoms with E-state index in [0.29, 0.717) is 5.41 Å². The average molecular weight is 302 g/mol. The highest BCUT2D eigenvalue weighted by atomic mass is 14.5. The normalized spacial score (nSPS) is 19.5. The summed E-state index contributed by atoms with van der Waals surface area (Å²) in [5.74, 6) is 0. The molecule has 0 radical (unpaired) electrons. The van der Waals surface area contributed by atoms with Crippen molar-refractivity contribution in [2.45, 2.75) is 71.1 Å². The van der Waals surface area contributed by atoms with Crippen LogP contribution >= 0.6 is 0 Å². The fourth-order valence-corrected chi connectivity index (χ4v) is 3.41. The second-order valence-corrected chi connectivity index (χ2v) is 7.02. The molecule has 1 aliphatic carbocycles. The lowest BCUT2D eigenvalue weighted by Crippen LogP contribution is -2.15. The molecule has 1 nitrogen and oxygen atoms in total. The summed E-state index contributed by atoms with van der Waals surface area (Å²) >= 11 is 0. The highest BCUT2D eigenvalue weighted by Crippen LogP contribution is 2.39. The summed E-state index contributed by atoms with van der Waals surface area (Å²) in [7, 11) is 0. The molecule has 0 unspecified atom stereocenters. The van der Waals surface area contributed by atoms with E-state index >= 15 is 0 Å². The first-order chi connectivity index (χ1) is 10.6. The molecule has 0 aromatic heterocycles. The van der Waals surface area contributed by atoms with Crippen molar-refractivity contribution in [3.05, 3.63) is 48.6 Å². The van der Waals surface area contributed by atoms with Gasteiger partial charge in [-0.3, -0.25) is 0 Å². The summed E-state index contributed by atoms with van der Waals surface area (Å²) < 4.78 is 0. The lowest BCUT2D eigenvalue weighted by molar-refractivity contribution is 0.255. The molecule has 22 heavy (non-hydrogen) atoms. The van der Waals surface area contributed by atoms with Crippen LogP contribution in [0.5, 0.6) is 0 Å². The monoisotopic (exact) mass is 301 g/mol. The predicted molar refractivity (Wildman–Crippen MR) is 99.9 cm³/mol. The Balaban J connectivity index is 2.67. The highest BCUT2D eigenvalue weighted by molar-refractivity contribution is 5.31. The third kappa shape index (κ3) is 7.26. The fourth-order valence-electron chi connectivity index (χ4n) is 3.41. The molecule has 1 aliphatic rings. The molecule has 0 aromatic rings. The van der Waals surface area contributed by atoms with Crippen molar-refractivity contribution in [2.75, 3.05) is 6.54 Å². The minimum atomic E-state index is 0.524. The number of hydrogen-bond acceptors (Lipinski definition) is 1. The van der Waals surface area contributed by atoms with Gasteiger partial charge >= 0.3 is 0 Å². The molecular weight excluding hydrogens is 266 g/mol. The van der Waals surface area contributed by atoms with E-state index in [1.165, 1.54) is 56.1 Å². The third-order valence-corrected chi connectivity index (χ3v) is 4.96. The lowest BCUT2D eigenvalue weighted by atomic mass is 9.77. The average Bonchev–Trinajstić information content (AvgIpc) is 2.74. The number of hydrogen-bond donors (Lipinski definition) is 1. The molecule has 124 valence electrons. The lowest BCUT2D eigenvalue weighted by Gasteiger charge is -2.28. The molecule has 0 heterocycles. The summed E-state index contributed by atoms with van der Waals surface area (Å²) in [4.78, 5) is 0. The Kier molecular flexibility index (Phi) is 9.15. The van der Waals surface area contributed by atoms with Crippen molar-refractivity contribution in [1.82, 2.24) is 0 Å². The minimum absolute atomic E-state index is 0.524. The first-order valence-electron chi connectivity index (χ1n) is 8.98. The van der Waals surface area contributed by atoms with Gasteiger partial charge in [0.2, 0.25) is 0 Å². The van der Waals surface area contributed by atoms with E-state index < -0.39 is 0 Å². The van der Waals surface area contributed by atoms with Crippen LogP contribution < -0.4 is 5.73 Å². The summed E-state index contributed by atoms with van der Waals surface area (Å²) in [6, 6.07) is 0.